The first kappa shape index (κ1) is 20.7. The van der Waals surface area contributed by atoms with Crippen LogP contribution in [0, 0.1) is 0 Å². The Kier molecular flexibility index (Phi) is 14.4. The highest BCUT2D eigenvalue weighted by Crippen LogP contribution is 1.97. The third kappa shape index (κ3) is 14.4. The minimum atomic E-state index is -1.14. The molecule has 0 saturated heterocycles. The van der Waals surface area contributed by atoms with Crippen LogP contribution in [0.25, 0.3) is 0 Å². The molecule has 0 aromatic carbocycles. The predicted molar refractivity (Wildman–Crippen MR) is 80.2 cm³/mol. The third-order valence-electron chi connectivity index (χ3n) is 2.74. The summed E-state index contributed by atoms with van der Waals surface area (Å²) in [5.74, 6) is 0. The van der Waals surface area contributed by atoms with Crippen molar-refractivity contribution < 1.29 is 23.7 Å². The number of aliphatic hydroxyl groups is 1. The Morgan fingerprint density at radius 1 is 1.14 bits per heavy atom. The second kappa shape index (κ2) is 14.6. The second-order valence-electron chi connectivity index (χ2n) is 4.86. The number of nitrogens with one attached hydrogen (secondary N) is 2. The summed E-state index contributed by atoms with van der Waals surface area (Å²) in [5.41, 5.74) is 0. The van der Waals surface area contributed by atoms with Crippen LogP contribution in [0.2, 0.25) is 0 Å². The van der Waals surface area contributed by atoms with E-state index in [4.69, 9.17) is 14.2 Å². The van der Waals surface area contributed by atoms with Crippen molar-refractivity contribution in [1.29, 1.82) is 0 Å². The molecule has 3 unspecified atom stereocenters. The number of hydrogen-bond donors (Lipinski definition) is 3. The van der Waals surface area contributed by atoms with Crippen molar-refractivity contribution in [2.24, 2.45) is 0 Å². The number of aliphatic hydroxyl groups excluding tert-OH is 1. The van der Waals surface area contributed by atoms with Crippen molar-refractivity contribution in [3.8, 4) is 0 Å². The monoisotopic (exact) mass is 310 g/mol. The van der Waals surface area contributed by atoms with E-state index < -0.39 is 12.4 Å². The predicted octanol–water partition coefficient (Wildman–Crippen LogP) is 0.300. The summed E-state index contributed by atoms with van der Waals surface area (Å²) in [6.07, 6.45) is -1.34. The molecule has 0 spiro atoms. The number of alkyl halides is 1. The first-order chi connectivity index (χ1) is 10.1. The molecule has 0 bridgehead atoms. The van der Waals surface area contributed by atoms with Crippen LogP contribution < -0.4 is 10.6 Å². The van der Waals surface area contributed by atoms with Crippen molar-refractivity contribution in [2.45, 2.75) is 38.8 Å². The minimum absolute atomic E-state index is 0.00416. The Hall–Kier alpha value is -0.310. The molecule has 0 saturated carbocycles. The van der Waals surface area contributed by atoms with E-state index in [0.717, 1.165) is 6.54 Å². The fourth-order valence-corrected chi connectivity index (χ4v) is 1.46. The lowest BCUT2D eigenvalue weighted by Crippen LogP contribution is -2.35. The maximum atomic E-state index is 13.4. The standard InChI is InChI=1S/C14H31FN2O4/c1-4-14(18)17-9-13(15)11-20-10-12(2)21-8-7-19-6-5-16-3/h12-14,16-18H,4-11H2,1-3H3. The first-order valence-corrected chi connectivity index (χ1v) is 7.57. The number of likely N-dealkylation sites (N-methyl/N-ethyl adjacent to an activating group) is 1. The Balaban J connectivity index is 3.37. The summed E-state index contributed by atoms with van der Waals surface area (Å²) in [5, 5.41) is 14.9. The van der Waals surface area contributed by atoms with Gasteiger partial charge in [0.2, 0.25) is 0 Å². The van der Waals surface area contributed by atoms with Crippen LogP contribution >= 0.6 is 0 Å². The fraction of sp³-hybridized carbons (Fsp3) is 1.00. The highest BCUT2D eigenvalue weighted by molar-refractivity contribution is 4.61. The van der Waals surface area contributed by atoms with Crippen LogP contribution in [-0.2, 0) is 14.2 Å². The van der Waals surface area contributed by atoms with Crippen molar-refractivity contribution in [1.82, 2.24) is 10.6 Å². The van der Waals surface area contributed by atoms with Gasteiger partial charge in [0.15, 0.2) is 0 Å². The van der Waals surface area contributed by atoms with E-state index in [1.54, 1.807) is 0 Å². The van der Waals surface area contributed by atoms with Gasteiger partial charge in [-0.25, -0.2) is 4.39 Å². The molecular weight excluding hydrogens is 279 g/mol. The zero-order chi connectivity index (χ0) is 15.9. The molecule has 128 valence electrons. The quantitative estimate of drug-likeness (QED) is 0.298. The van der Waals surface area contributed by atoms with E-state index in [0.29, 0.717) is 32.8 Å². The lowest BCUT2D eigenvalue weighted by molar-refractivity contribution is -0.0380. The van der Waals surface area contributed by atoms with E-state index >= 15 is 0 Å². The van der Waals surface area contributed by atoms with E-state index in [9.17, 15) is 9.50 Å². The highest BCUT2D eigenvalue weighted by atomic mass is 19.1. The van der Waals surface area contributed by atoms with Gasteiger partial charge in [-0.3, -0.25) is 5.32 Å². The highest BCUT2D eigenvalue weighted by Gasteiger charge is 2.10. The van der Waals surface area contributed by atoms with Crippen molar-refractivity contribution in [3.05, 3.63) is 0 Å². The van der Waals surface area contributed by atoms with E-state index in [2.05, 4.69) is 10.6 Å². The molecule has 0 rings (SSSR count). The third-order valence-corrected chi connectivity index (χ3v) is 2.74. The lowest BCUT2D eigenvalue weighted by atomic mass is 10.3. The second-order valence-corrected chi connectivity index (χ2v) is 4.86. The Morgan fingerprint density at radius 2 is 1.90 bits per heavy atom. The summed E-state index contributed by atoms with van der Waals surface area (Å²) >= 11 is 0. The van der Waals surface area contributed by atoms with Gasteiger partial charge in [-0.15, -0.1) is 0 Å². The molecule has 6 nitrogen and oxygen atoms in total. The van der Waals surface area contributed by atoms with Crippen LogP contribution in [0.15, 0.2) is 0 Å². The van der Waals surface area contributed by atoms with Gasteiger partial charge in [-0.05, 0) is 20.4 Å². The molecule has 7 heteroatoms. The van der Waals surface area contributed by atoms with Crippen LogP contribution in [0.4, 0.5) is 4.39 Å². The largest absolute Gasteiger partial charge is 0.379 e. The molecule has 21 heavy (non-hydrogen) atoms. The molecule has 3 atom stereocenters. The van der Waals surface area contributed by atoms with E-state index in [1.165, 1.54) is 0 Å². The molecule has 0 aromatic heterocycles. The zero-order valence-electron chi connectivity index (χ0n) is 13.4. The van der Waals surface area contributed by atoms with E-state index in [1.807, 2.05) is 20.9 Å². The number of hydrogen-bond acceptors (Lipinski definition) is 6. The normalized spacial score (nSPS) is 15.9. The molecular formula is C14H31FN2O4. The number of ether oxygens (including phenoxy) is 3. The summed E-state index contributed by atoms with van der Waals surface area (Å²) < 4.78 is 29.4. The maximum Gasteiger partial charge on any atom is 0.136 e. The summed E-state index contributed by atoms with van der Waals surface area (Å²) in [6.45, 7) is 6.63. The van der Waals surface area contributed by atoms with Gasteiger partial charge >= 0.3 is 0 Å². The van der Waals surface area contributed by atoms with Crippen molar-refractivity contribution >= 4 is 0 Å². The first-order valence-electron chi connectivity index (χ1n) is 7.57. The van der Waals surface area contributed by atoms with Gasteiger partial charge < -0.3 is 24.6 Å². The van der Waals surface area contributed by atoms with Crippen LogP contribution in [0.5, 0.6) is 0 Å². The Labute approximate surface area is 127 Å². The minimum Gasteiger partial charge on any atom is -0.379 e. The van der Waals surface area contributed by atoms with Gasteiger partial charge in [-0.2, -0.15) is 0 Å². The lowest BCUT2D eigenvalue weighted by Gasteiger charge is -2.16. The van der Waals surface area contributed by atoms with Gasteiger partial charge in [0.05, 0.1) is 39.1 Å². The van der Waals surface area contributed by atoms with Crippen LogP contribution in [-0.4, -0.2) is 76.8 Å². The molecule has 0 aromatic rings. The molecule has 0 aliphatic carbocycles. The molecule has 3 N–H and O–H groups in total. The average Bonchev–Trinajstić information content (AvgIpc) is 2.48. The Bertz CT molecular complexity index is 225. The smallest absolute Gasteiger partial charge is 0.136 e. The summed E-state index contributed by atoms with van der Waals surface area (Å²) in [6, 6.07) is 0. The number of rotatable bonds is 15. The van der Waals surface area contributed by atoms with Crippen molar-refractivity contribution in [3.63, 3.8) is 0 Å². The average molecular weight is 310 g/mol. The van der Waals surface area contributed by atoms with Crippen molar-refractivity contribution in [2.75, 3.05) is 53.2 Å². The molecule has 0 aliphatic rings. The fourth-order valence-electron chi connectivity index (χ4n) is 1.46. The van der Waals surface area contributed by atoms with E-state index in [-0.39, 0.29) is 19.3 Å². The molecule has 0 heterocycles. The van der Waals surface area contributed by atoms with Gasteiger partial charge in [-0.1, -0.05) is 6.92 Å². The van der Waals surface area contributed by atoms with Gasteiger partial charge in [0, 0.05) is 13.1 Å². The van der Waals surface area contributed by atoms with Crippen LogP contribution in [0.1, 0.15) is 20.3 Å². The molecule has 0 fully saturated rings. The molecule has 0 amide bonds. The van der Waals surface area contributed by atoms with Gasteiger partial charge in [0.1, 0.15) is 12.4 Å². The summed E-state index contributed by atoms with van der Waals surface area (Å²) in [4.78, 5) is 0. The van der Waals surface area contributed by atoms with Gasteiger partial charge in [0.25, 0.3) is 0 Å². The SMILES string of the molecule is CCC(O)NCC(F)COCC(C)OCCOCCNC. The number of halogens is 1. The molecule has 0 aliphatic heterocycles. The maximum absolute atomic E-state index is 13.4. The van der Waals surface area contributed by atoms with Crippen LogP contribution in [0.3, 0.4) is 0 Å². The summed E-state index contributed by atoms with van der Waals surface area (Å²) in [7, 11) is 1.87. The molecule has 0 radical (unpaired) electrons. The Morgan fingerprint density at radius 3 is 2.57 bits per heavy atom. The topological polar surface area (TPSA) is 72.0 Å². The zero-order valence-corrected chi connectivity index (χ0v) is 13.4.